The minimum absolute atomic E-state index is 0.569. The third kappa shape index (κ3) is 4.80. The van der Waals surface area contributed by atoms with Gasteiger partial charge in [0.2, 0.25) is 4.80 Å². The van der Waals surface area contributed by atoms with Crippen LogP contribution >= 0.6 is 11.3 Å². The third-order valence-electron chi connectivity index (χ3n) is 5.32. The second kappa shape index (κ2) is 9.61. The van der Waals surface area contributed by atoms with E-state index in [1.54, 1.807) is 29.8 Å². The van der Waals surface area contributed by atoms with Crippen LogP contribution in [-0.2, 0) is 0 Å². The Labute approximate surface area is 176 Å². The Hall–Kier alpha value is -2.79. The van der Waals surface area contributed by atoms with E-state index in [4.69, 9.17) is 0 Å². The summed E-state index contributed by atoms with van der Waals surface area (Å²) in [5.74, 6) is 0.715. The van der Waals surface area contributed by atoms with Crippen molar-refractivity contribution in [3.05, 3.63) is 82.8 Å². The normalized spacial score (nSPS) is 15.8. The average molecular weight is 403 g/mol. The number of hydrogen-bond acceptors (Lipinski definition) is 4. The Balaban J connectivity index is 1.67. The minimum Gasteiger partial charge on any atom is -0.255 e. The van der Waals surface area contributed by atoms with Gasteiger partial charge in [0.05, 0.1) is 24.1 Å². The van der Waals surface area contributed by atoms with Crippen molar-refractivity contribution < 1.29 is 0 Å². The van der Waals surface area contributed by atoms with Crippen LogP contribution in [0.1, 0.15) is 49.3 Å². The number of nitrogens with zero attached hydrogens (tertiary/aromatic N) is 4. The lowest BCUT2D eigenvalue weighted by molar-refractivity contribution is 0.443. The van der Waals surface area contributed by atoms with Crippen molar-refractivity contribution in [3.63, 3.8) is 0 Å². The molecule has 5 heteroatoms. The van der Waals surface area contributed by atoms with Crippen LogP contribution in [0.15, 0.2) is 76.8 Å². The molecule has 148 valence electrons. The second-order valence-corrected chi connectivity index (χ2v) is 8.14. The van der Waals surface area contributed by atoms with E-state index in [9.17, 15) is 0 Å². The first-order valence-electron chi connectivity index (χ1n) is 10.2. The molecular weight excluding hydrogens is 376 g/mol. The molecule has 0 N–H and O–H groups in total. The highest BCUT2D eigenvalue weighted by Gasteiger charge is 2.16. The Morgan fingerprint density at radius 1 is 1.10 bits per heavy atom. The van der Waals surface area contributed by atoms with E-state index in [0.29, 0.717) is 12.5 Å². The highest BCUT2D eigenvalue weighted by atomic mass is 32.1. The first-order chi connectivity index (χ1) is 14.3. The Kier molecular flexibility index (Phi) is 6.47. The zero-order valence-corrected chi connectivity index (χ0v) is 17.4. The Morgan fingerprint density at radius 3 is 2.66 bits per heavy atom. The van der Waals surface area contributed by atoms with Gasteiger partial charge in [-0.05, 0) is 36.5 Å². The van der Waals surface area contributed by atoms with Crippen molar-refractivity contribution in [2.45, 2.75) is 38.0 Å². The molecule has 0 spiro atoms. The Bertz CT molecular complexity index is 1020. The number of aromatic nitrogens is 2. The van der Waals surface area contributed by atoms with Gasteiger partial charge in [0.25, 0.3) is 0 Å². The van der Waals surface area contributed by atoms with E-state index in [0.717, 1.165) is 21.8 Å². The quantitative estimate of drug-likeness (QED) is 0.389. The highest BCUT2D eigenvalue weighted by molar-refractivity contribution is 7.07. The van der Waals surface area contributed by atoms with Gasteiger partial charge in [-0.15, -0.1) is 17.9 Å². The van der Waals surface area contributed by atoms with Crippen LogP contribution in [0.25, 0.3) is 11.3 Å². The summed E-state index contributed by atoms with van der Waals surface area (Å²) < 4.78 is 1.90. The van der Waals surface area contributed by atoms with Gasteiger partial charge < -0.3 is 0 Å². The van der Waals surface area contributed by atoms with Crippen LogP contribution in [0.5, 0.6) is 0 Å². The highest BCUT2D eigenvalue weighted by Crippen LogP contribution is 2.33. The Morgan fingerprint density at radius 2 is 1.93 bits per heavy atom. The number of benzene rings is 1. The third-order valence-corrected chi connectivity index (χ3v) is 6.17. The molecule has 1 saturated carbocycles. The zero-order valence-electron chi connectivity index (χ0n) is 16.6. The topological polar surface area (TPSA) is 42.5 Å². The first-order valence-corrected chi connectivity index (χ1v) is 11.1. The standard InChI is InChI=1S/C24H26N4S/c1-2-15-26-24-28(27-17-22-10-6-7-16-25-22)23(18-29-24)21-13-11-20(12-14-21)19-8-4-3-5-9-19/h2,6-7,10-14,16-19H,1,3-5,8-9,15H2. The SMILES string of the molecule is C=CCN=c1scc(-c2ccc(C3CCCCC3)cc2)n1N=Cc1ccccn1. The van der Waals surface area contributed by atoms with Crippen LogP contribution < -0.4 is 4.80 Å². The van der Waals surface area contributed by atoms with Gasteiger partial charge in [-0.1, -0.05) is 55.7 Å². The van der Waals surface area contributed by atoms with Crippen molar-refractivity contribution >= 4 is 17.6 Å². The monoisotopic (exact) mass is 402 g/mol. The fourth-order valence-corrected chi connectivity index (χ4v) is 4.64. The molecule has 0 radical (unpaired) electrons. The summed E-state index contributed by atoms with van der Waals surface area (Å²) in [6, 6.07) is 14.8. The van der Waals surface area contributed by atoms with Gasteiger partial charge in [-0.2, -0.15) is 5.10 Å². The molecule has 1 fully saturated rings. The van der Waals surface area contributed by atoms with Gasteiger partial charge in [0, 0.05) is 17.1 Å². The van der Waals surface area contributed by atoms with E-state index < -0.39 is 0 Å². The summed E-state index contributed by atoms with van der Waals surface area (Å²) in [5.41, 5.74) is 4.47. The van der Waals surface area contributed by atoms with E-state index >= 15 is 0 Å². The zero-order chi connectivity index (χ0) is 19.9. The van der Waals surface area contributed by atoms with Crippen molar-refractivity contribution in [1.82, 2.24) is 9.66 Å². The molecule has 29 heavy (non-hydrogen) atoms. The molecule has 4 nitrogen and oxygen atoms in total. The maximum Gasteiger partial charge on any atom is 0.206 e. The van der Waals surface area contributed by atoms with Crippen LogP contribution in [0, 0.1) is 0 Å². The second-order valence-electron chi connectivity index (χ2n) is 7.30. The molecule has 1 aromatic carbocycles. The number of rotatable bonds is 6. The summed E-state index contributed by atoms with van der Waals surface area (Å²) in [4.78, 5) is 9.78. The lowest BCUT2D eigenvalue weighted by Crippen LogP contribution is -2.12. The van der Waals surface area contributed by atoms with Gasteiger partial charge in [-0.25, -0.2) is 4.68 Å². The van der Waals surface area contributed by atoms with Crippen molar-refractivity contribution in [2.75, 3.05) is 6.54 Å². The molecule has 0 atom stereocenters. The van der Waals surface area contributed by atoms with E-state index in [-0.39, 0.29) is 0 Å². The van der Waals surface area contributed by atoms with Crippen LogP contribution in [0.2, 0.25) is 0 Å². The molecule has 0 saturated heterocycles. The molecule has 0 amide bonds. The maximum absolute atomic E-state index is 4.69. The van der Waals surface area contributed by atoms with E-state index in [2.05, 4.69) is 51.3 Å². The minimum atomic E-state index is 0.569. The van der Waals surface area contributed by atoms with Crippen LogP contribution in [0.3, 0.4) is 0 Å². The van der Waals surface area contributed by atoms with E-state index in [1.807, 2.05) is 22.9 Å². The molecular formula is C24H26N4S. The molecule has 0 unspecified atom stereocenters. The summed E-state index contributed by atoms with van der Waals surface area (Å²) >= 11 is 1.59. The molecule has 1 aliphatic rings. The summed E-state index contributed by atoms with van der Waals surface area (Å²) in [6.45, 7) is 4.34. The molecule has 0 bridgehead atoms. The predicted octanol–water partition coefficient (Wildman–Crippen LogP) is 5.63. The van der Waals surface area contributed by atoms with Gasteiger partial charge >= 0.3 is 0 Å². The summed E-state index contributed by atoms with van der Waals surface area (Å²) in [5, 5.41) is 6.81. The number of thiazole rings is 1. The average Bonchev–Trinajstić information content (AvgIpc) is 3.20. The van der Waals surface area contributed by atoms with Crippen molar-refractivity contribution in [1.29, 1.82) is 0 Å². The molecule has 2 heterocycles. The van der Waals surface area contributed by atoms with E-state index in [1.165, 1.54) is 37.7 Å². The van der Waals surface area contributed by atoms with Crippen LogP contribution in [0.4, 0.5) is 0 Å². The summed E-state index contributed by atoms with van der Waals surface area (Å²) in [6.07, 6.45) is 12.1. The molecule has 2 aromatic heterocycles. The van der Waals surface area contributed by atoms with Crippen molar-refractivity contribution in [2.24, 2.45) is 10.1 Å². The number of pyridine rings is 1. The molecule has 1 aliphatic carbocycles. The lowest BCUT2D eigenvalue weighted by Gasteiger charge is -2.22. The van der Waals surface area contributed by atoms with Gasteiger partial charge in [-0.3, -0.25) is 9.98 Å². The first kappa shape index (κ1) is 19.5. The lowest BCUT2D eigenvalue weighted by atomic mass is 9.84. The molecule has 0 aliphatic heterocycles. The number of hydrogen-bond donors (Lipinski definition) is 0. The summed E-state index contributed by atoms with van der Waals surface area (Å²) in [7, 11) is 0. The van der Waals surface area contributed by atoms with Crippen LogP contribution in [-0.4, -0.2) is 22.4 Å². The van der Waals surface area contributed by atoms with Gasteiger partial charge in [0.15, 0.2) is 0 Å². The fourth-order valence-electron chi connectivity index (χ4n) is 3.79. The molecule has 3 aromatic rings. The fraction of sp³-hybridized carbons (Fsp3) is 0.292. The van der Waals surface area contributed by atoms with Gasteiger partial charge in [0.1, 0.15) is 0 Å². The maximum atomic E-state index is 4.69. The largest absolute Gasteiger partial charge is 0.255 e. The molecule has 4 rings (SSSR count). The smallest absolute Gasteiger partial charge is 0.206 e. The van der Waals surface area contributed by atoms with Crippen molar-refractivity contribution in [3.8, 4) is 11.3 Å². The predicted molar refractivity (Wildman–Crippen MR) is 121 cm³/mol.